The summed E-state index contributed by atoms with van der Waals surface area (Å²) >= 11 is 1.27. The third-order valence-electron chi connectivity index (χ3n) is 4.83. The molecule has 1 aromatic carbocycles. The van der Waals surface area contributed by atoms with Gasteiger partial charge in [-0.1, -0.05) is 44.2 Å². The summed E-state index contributed by atoms with van der Waals surface area (Å²) in [5, 5.41) is 10.0. The van der Waals surface area contributed by atoms with Crippen molar-refractivity contribution in [2.75, 3.05) is 0 Å². The summed E-state index contributed by atoms with van der Waals surface area (Å²) in [6.45, 7) is 8.79. The summed E-state index contributed by atoms with van der Waals surface area (Å²) in [4.78, 5) is 17.2. The number of carbonyl (C=O) groups excluding carboxylic acids is 1. The van der Waals surface area contributed by atoms with Crippen LogP contribution >= 0.6 is 11.3 Å². The normalized spacial score (nSPS) is 10.9. The van der Waals surface area contributed by atoms with E-state index in [-0.39, 0.29) is 11.0 Å². The number of thiophene rings is 1. The zero-order valence-electron chi connectivity index (χ0n) is 18.8. The Hall–Kier alpha value is -3.29. The maximum absolute atomic E-state index is 11.8. The first-order valence-corrected chi connectivity index (χ1v) is 12.2. The van der Waals surface area contributed by atoms with Crippen LogP contribution in [0.15, 0.2) is 41.0 Å². The molecular formula is C23H24N4O4S2. The molecule has 10 heteroatoms. The molecule has 2 aromatic heterocycles. The highest BCUT2D eigenvalue weighted by Crippen LogP contribution is 2.40. The third-order valence-corrected chi connectivity index (χ3v) is 6.17. The van der Waals surface area contributed by atoms with Crippen LogP contribution < -0.4 is 4.74 Å². The molecule has 33 heavy (non-hydrogen) atoms. The fraction of sp³-hybridized carbons (Fsp3) is 0.348. The van der Waals surface area contributed by atoms with Gasteiger partial charge in [-0.3, -0.25) is 0 Å². The van der Waals surface area contributed by atoms with Crippen molar-refractivity contribution >= 4 is 27.9 Å². The number of rotatable bonds is 7. The Bertz CT molecular complexity index is 1340. The number of ether oxygens (including phenoxy) is 1. The van der Waals surface area contributed by atoms with E-state index in [1.165, 1.54) is 11.3 Å². The lowest BCUT2D eigenvalue weighted by molar-refractivity contribution is 0.213. The summed E-state index contributed by atoms with van der Waals surface area (Å²) in [6, 6.07) is 9.65. The molecule has 0 spiro atoms. The van der Waals surface area contributed by atoms with Crippen LogP contribution in [0, 0.1) is 17.2 Å². The molecule has 0 N–H and O–H groups in total. The van der Waals surface area contributed by atoms with Gasteiger partial charge < -0.3 is 9.30 Å². The standard InChI is InChI=1S/C23H24N4O4S2/c1-14(2)9-19-11-20(22(32-19)31-23(28)26-33(29)30)16-5-6-17(18(10-16)12-24)13-27-8-7-25-21(27)15(3)4/h5-8,10-11,14-15H,9,13H2,1-4H3. The highest BCUT2D eigenvalue weighted by atomic mass is 32.2. The van der Waals surface area contributed by atoms with Crippen LogP contribution in [0.5, 0.6) is 5.06 Å². The fourth-order valence-electron chi connectivity index (χ4n) is 3.49. The van der Waals surface area contributed by atoms with Gasteiger partial charge in [0.15, 0.2) is 5.06 Å². The number of benzene rings is 1. The first kappa shape index (κ1) is 24.4. The number of nitriles is 1. The van der Waals surface area contributed by atoms with Crippen molar-refractivity contribution in [3.63, 3.8) is 0 Å². The predicted octanol–water partition coefficient (Wildman–Crippen LogP) is 5.41. The van der Waals surface area contributed by atoms with Crippen molar-refractivity contribution in [2.24, 2.45) is 10.3 Å². The van der Waals surface area contributed by atoms with Gasteiger partial charge in [-0.2, -0.15) is 13.7 Å². The zero-order valence-corrected chi connectivity index (χ0v) is 20.4. The van der Waals surface area contributed by atoms with Gasteiger partial charge in [0.05, 0.1) is 18.2 Å². The summed E-state index contributed by atoms with van der Waals surface area (Å²) in [5.41, 5.74) is 2.65. The van der Waals surface area contributed by atoms with Gasteiger partial charge in [0.2, 0.25) is 0 Å². The molecule has 0 aliphatic carbocycles. The minimum absolute atomic E-state index is 0.248. The van der Waals surface area contributed by atoms with Gasteiger partial charge in [0.25, 0.3) is 0 Å². The predicted molar refractivity (Wildman–Crippen MR) is 126 cm³/mol. The maximum Gasteiger partial charge on any atom is 0.455 e. The average Bonchev–Trinajstić information content (AvgIpc) is 3.34. The molecule has 0 atom stereocenters. The molecular weight excluding hydrogens is 460 g/mol. The summed E-state index contributed by atoms with van der Waals surface area (Å²) in [7, 11) is -2.90. The second-order valence-corrected chi connectivity index (χ2v) is 9.96. The molecule has 0 saturated heterocycles. The smallest absolute Gasteiger partial charge is 0.396 e. The van der Waals surface area contributed by atoms with Crippen LogP contribution in [0.2, 0.25) is 0 Å². The monoisotopic (exact) mass is 484 g/mol. The Morgan fingerprint density at radius 3 is 2.67 bits per heavy atom. The Labute approximate surface area is 198 Å². The highest BCUT2D eigenvalue weighted by molar-refractivity contribution is 7.62. The van der Waals surface area contributed by atoms with E-state index in [1.54, 1.807) is 12.3 Å². The molecule has 3 rings (SSSR count). The number of aromatic nitrogens is 2. The first-order chi connectivity index (χ1) is 15.7. The van der Waals surface area contributed by atoms with E-state index in [1.807, 2.05) is 29.0 Å². The molecule has 172 valence electrons. The third kappa shape index (κ3) is 6.15. The van der Waals surface area contributed by atoms with Crippen molar-refractivity contribution in [2.45, 2.75) is 46.6 Å². The van der Waals surface area contributed by atoms with Crippen LogP contribution in [-0.2, 0) is 23.5 Å². The van der Waals surface area contributed by atoms with Gasteiger partial charge in [-0.15, -0.1) is 11.3 Å². The second-order valence-electron chi connectivity index (χ2n) is 8.24. The largest absolute Gasteiger partial charge is 0.455 e. The summed E-state index contributed by atoms with van der Waals surface area (Å²) in [5.74, 6) is 1.57. The van der Waals surface area contributed by atoms with Crippen molar-refractivity contribution in [1.82, 2.24) is 9.55 Å². The summed E-state index contributed by atoms with van der Waals surface area (Å²) < 4.78 is 31.6. The first-order valence-electron chi connectivity index (χ1n) is 10.4. The lowest BCUT2D eigenvalue weighted by Gasteiger charge is -2.12. The molecule has 1 amide bonds. The minimum atomic E-state index is -2.90. The van der Waals surface area contributed by atoms with E-state index < -0.39 is 16.6 Å². The Kier molecular flexibility index (Phi) is 7.79. The van der Waals surface area contributed by atoms with Gasteiger partial charge >= 0.3 is 16.6 Å². The molecule has 0 radical (unpaired) electrons. The van der Waals surface area contributed by atoms with Crippen LogP contribution in [0.1, 0.15) is 55.4 Å². The molecule has 0 aliphatic heterocycles. The van der Waals surface area contributed by atoms with Crippen LogP contribution in [0.3, 0.4) is 0 Å². The van der Waals surface area contributed by atoms with Gasteiger partial charge in [0.1, 0.15) is 5.82 Å². The van der Waals surface area contributed by atoms with E-state index in [0.717, 1.165) is 22.7 Å². The Balaban J connectivity index is 2.00. The Morgan fingerprint density at radius 2 is 2.03 bits per heavy atom. The maximum atomic E-state index is 11.8. The lowest BCUT2D eigenvalue weighted by atomic mass is 10.00. The van der Waals surface area contributed by atoms with Gasteiger partial charge in [-0.25, -0.2) is 9.78 Å². The van der Waals surface area contributed by atoms with E-state index in [0.29, 0.717) is 29.2 Å². The zero-order chi connectivity index (χ0) is 24.1. The average molecular weight is 485 g/mol. The topological polar surface area (TPSA) is 114 Å². The van der Waals surface area contributed by atoms with Crippen molar-refractivity contribution in [3.05, 3.63) is 58.5 Å². The van der Waals surface area contributed by atoms with Crippen LogP contribution in [-0.4, -0.2) is 24.1 Å². The number of imidazole rings is 1. The highest BCUT2D eigenvalue weighted by Gasteiger charge is 2.18. The van der Waals surface area contributed by atoms with Gasteiger partial charge in [0, 0.05) is 28.8 Å². The number of carbonyl (C=O) groups is 1. The number of hydrogen-bond acceptors (Lipinski definition) is 7. The molecule has 2 heterocycles. The molecule has 8 nitrogen and oxygen atoms in total. The quantitative estimate of drug-likeness (QED) is 0.443. The molecule has 0 bridgehead atoms. The lowest BCUT2D eigenvalue weighted by Crippen LogP contribution is -2.07. The van der Waals surface area contributed by atoms with E-state index in [9.17, 15) is 18.5 Å². The minimum Gasteiger partial charge on any atom is -0.396 e. The summed E-state index contributed by atoms with van der Waals surface area (Å²) in [6.07, 6.45) is 3.20. The fourth-order valence-corrected chi connectivity index (χ4v) is 4.88. The second kappa shape index (κ2) is 10.6. The number of amides is 1. The van der Waals surface area contributed by atoms with Gasteiger partial charge in [-0.05, 0) is 35.6 Å². The van der Waals surface area contributed by atoms with Crippen molar-refractivity contribution in [1.29, 1.82) is 5.26 Å². The SMILES string of the molecule is CC(C)Cc1cc(-c2ccc(Cn3ccnc3C(C)C)c(C#N)c2)c(OC(=O)N=S(=O)=O)s1. The van der Waals surface area contributed by atoms with E-state index in [4.69, 9.17) is 4.74 Å². The van der Waals surface area contributed by atoms with E-state index in [2.05, 4.69) is 43.1 Å². The van der Waals surface area contributed by atoms with Crippen LogP contribution in [0.25, 0.3) is 11.1 Å². The molecule has 0 aliphatic rings. The van der Waals surface area contributed by atoms with E-state index >= 15 is 0 Å². The molecule has 0 fully saturated rings. The van der Waals surface area contributed by atoms with Crippen molar-refractivity contribution in [3.8, 4) is 22.3 Å². The molecule has 3 aromatic rings. The molecule has 0 saturated carbocycles. The number of nitrogens with zero attached hydrogens (tertiary/aromatic N) is 4. The number of hydrogen-bond donors (Lipinski definition) is 0. The molecule has 0 unspecified atom stereocenters. The van der Waals surface area contributed by atoms with Crippen LogP contribution in [0.4, 0.5) is 4.79 Å². The Morgan fingerprint density at radius 1 is 1.27 bits per heavy atom. The van der Waals surface area contributed by atoms with Crippen molar-refractivity contribution < 1.29 is 17.9 Å².